The second-order valence-electron chi connectivity index (χ2n) is 13.6. The van der Waals surface area contributed by atoms with Crippen molar-refractivity contribution in [2.24, 2.45) is 0 Å². The van der Waals surface area contributed by atoms with Crippen molar-refractivity contribution >= 4 is 66.4 Å². The van der Waals surface area contributed by atoms with Crippen LogP contribution in [0, 0.1) is 17.9 Å². The number of para-hydroxylation sites is 4. The van der Waals surface area contributed by atoms with E-state index in [0.29, 0.717) is 11.3 Å². The summed E-state index contributed by atoms with van der Waals surface area (Å²) in [5.41, 5.74) is 12.3. The molecule has 0 unspecified atom stereocenters. The Morgan fingerprint density at radius 2 is 1.11 bits per heavy atom. The summed E-state index contributed by atoms with van der Waals surface area (Å²) in [6, 6.07) is 67.7. The molecule has 0 aliphatic rings. The summed E-state index contributed by atoms with van der Waals surface area (Å²) in [6.07, 6.45) is 0. The molecule has 0 saturated heterocycles. The Kier molecular flexibility index (Phi) is 7.51. The highest BCUT2D eigenvalue weighted by Crippen LogP contribution is 2.44. The molecule has 5 heteroatoms. The Morgan fingerprint density at radius 1 is 0.473 bits per heavy atom. The highest BCUT2D eigenvalue weighted by Gasteiger charge is 2.21. The van der Waals surface area contributed by atoms with Gasteiger partial charge in [-0.1, -0.05) is 103 Å². The quantitative estimate of drug-likeness (QED) is 0.162. The van der Waals surface area contributed by atoms with Crippen molar-refractivity contribution < 1.29 is 0 Å². The molecule has 0 N–H and O–H groups in total. The molecule has 0 aliphatic carbocycles. The van der Waals surface area contributed by atoms with Gasteiger partial charge >= 0.3 is 0 Å². The number of hydrogen-bond donors (Lipinski definition) is 0. The lowest BCUT2D eigenvalue weighted by molar-refractivity contribution is 1.18. The number of fused-ring (bicyclic) bond motifs is 6. The van der Waals surface area contributed by atoms with Crippen LogP contribution in [0.3, 0.4) is 0 Å². The van der Waals surface area contributed by atoms with Crippen molar-refractivity contribution in [3.05, 3.63) is 205 Å². The highest BCUT2D eigenvalue weighted by molar-refractivity contribution is 6.18. The second kappa shape index (κ2) is 13.0. The minimum absolute atomic E-state index is 0.346. The van der Waals surface area contributed by atoms with Crippen LogP contribution in [0.2, 0.25) is 0 Å². The summed E-state index contributed by atoms with van der Waals surface area (Å²) >= 11 is 0. The number of aromatic nitrogens is 2. The predicted molar refractivity (Wildman–Crippen MR) is 226 cm³/mol. The molecule has 2 aromatic heterocycles. The minimum Gasteiger partial charge on any atom is -0.310 e. The summed E-state index contributed by atoms with van der Waals surface area (Å²) in [7, 11) is 0. The van der Waals surface area contributed by atoms with Gasteiger partial charge in [-0.3, -0.25) is 0 Å². The summed E-state index contributed by atoms with van der Waals surface area (Å²) in [6.45, 7) is 7.65. The molecule has 0 fully saturated rings. The van der Waals surface area contributed by atoms with Crippen molar-refractivity contribution in [3.63, 3.8) is 0 Å². The first-order valence-corrected chi connectivity index (χ1v) is 18.2. The first-order chi connectivity index (χ1) is 27.2. The van der Waals surface area contributed by atoms with E-state index in [1.807, 2.05) is 24.3 Å². The lowest BCUT2D eigenvalue weighted by Crippen LogP contribution is -2.09. The Labute approximate surface area is 318 Å². The van der Waals surface area contributed by atoms with Crippen LogP contribution in [-0.4, -0.2) is 9.13 Å². The van der Waals surface area contributed by atoms with E-state index in [1.54, 1.807) is 6.07 Å². The van der Waals surface area contributed by atoms with Gasteiger partial charge < -0.3 is 14.0 Å². The summed E-state index contributed by atoms with van der Waals surface area (Å²) < 4.78 is 4.58. The van der Waals surface area contributed by atoms with E-state index in [1.165, 1.54) is 16.3 Å². The van der Waals surface area contributed by atoms with Gasteiger partial charge in [-0.25, -0.2) is 4.85 Å². The minimum atomic E-state index is 0.346. The van der Waals surface area contributed by atoms with Crippen molar-refractivity contribution in [1.82, 2.24) is 9.13 Å². The highest BCUT2D eigenvalue weighted by atomic mass is 15.1. The molecule has 0 radical (unpaired) electrons. The van der Waals surface area contributed by atoms with Gasteiger partial charge in [0.15, 0.2) is 0 Å². The zero-order chi connectivity index (χ0) is 36.9. The van der Waals surface area contributed by atoms with Crippen LogP contribution in [0.25, 0.3) is 71.0 Å². The molecule has 5 nitrogen and oxygen atoms in total. The van der Waals surface area contributed by atoms with Crippen LogP contribution in [0.5, 0.6) is 0 Å². The molecule has 0 amide bonds. The van der Waals surface area contributed by atoms with Gasteiger partial charge in [-0.05, 0) is 96.1 Å². The van der Waals surface area contributed by atoms with Gasteiger partial charge in [0.1, 0.15) is 0 Å². The summed E-state index contributed by atoms with van der Waals surface area (Å²) in [5, 5.41) is 14.6. The predicted octanol–water partition coefficient (Wildman–Crippen LogP) is 13.4. The third-order valence-corrected chi connectivity index (χ3v) is 10.5. The molecule has 0 bridgehead atoms. The zero-order valence-corrected chi connectivity index (χ0v) is 29.6. The largest absolute Gasteiger partial charge is 0.310 e. The van der Waals surface area contributed by atoms with E-state index in [4.69, 9.17) is 6.57 Å². The summed E-state index contributed by atoms with van der Waals surface area (Å²) in [5.74, 6) is 0. The Balaban J connectivity index is 1.28. The number of benzene rings is 8. The SMILES string of the molecule is [C-]#[N+]c1ccc(-n2c3ccc(N(c4ccccc4)c4ccccc4)cc3c3c(-c4ccc5c6ccccc6n(-c6ccccc6)c5c4)cccc32)cc1C#N. The van der Waals surface area contributed by atoms with Crippen LogP contribution in [0.4, 0.5) is 22.7 Å². The average Bonchev–Trinajstić information content (AvgIpc) is 3.77. The van der Waals surface area contributed by atoms with Crippen LogP contribution in [-0.2, 0) is 0 Å². The maximum Gasteiger partial charge on any atom is 0.204 e. The lowest BCUT2D eigenvalue weighted by atomic mass is 9.98. The Hall–Kier alpha value is -7.86. The normalized spacial score (nSPS) is 11.2. The van der Waals surface area contributed by atoms with Gasteiger partial charge in [0, 0.05) is 50.0 Å². The lowest BCUT2D eigenvalue weighted by Gasteiger charge is -2.25. The molecular weight excluding hydrogens is 671 g/mol. The fraction of sp³-hybridized carbons (Fsp3) is 0. The Morgan fingerprint density at radius 3 is 1.84 bits per heavy atom. The molecule has 0 aliphatic heterocycles. The number of anilines is 3. The van der Waals surface area contributed by atoms with Crippen molar-refractivity contribution in [1.29, 1.82) is 5.26 Å². The van der Waals surface area contributed by atoms with E-state index >= 15 is 0 Å². The monoisotopic (exact) mass is 701 g/mol. The van der Waals surface area contributed by atoms with Gasteiger partial charge in [-0.2, -0.15) is 5.26 Å². The van der Waals surface area contributed by atoms with Crippen molar-refractivity contribution in [3.8, 4) is 28.6 Å². The molecule has 55 heavy (non-hydrogen) atoms. The van der Waals surface area contributed by atoms with Crippen LogP contribution >= 0.6 is 0 Å². The summed E-state index contributed by atoms with van der Waals surface area (Å²) in [4.78, 5) is 5.90. The van der Waals surface area contributed by atoms with E-state index < -0.39 is 0 Å². The van der Waals surface area contributed by atoms with Crippen LogP contribution < -0.4 is 4.90 Å². The average molecular weight is 702 g/mol. The molecule has 2 heterocycles. The molecule has 0 atom stereocenters. The third-order valence-electron chi connectivity index (χ3n) is 10.5. The van der Waals surface area contributed by atoms with Gasteiger partial charge in [0.2, 0.25) is 5.69 Å². The maximum absolute atomic E-state index is 10.0. The Bertz CT molecular complexity index is 3120. The molecule has 10 rings (SSSR count). The van der Waals surface area contributed by atoms with Crippen LogP contribution in [0.1, 0.15) is 5.56 Å². The number of nitrogens with zero attached hydrogens (tertiary/aromatic N) is 5. The maximum atomic E-state index is 10.0. The van der Waals surface area contributed by atoms with Crippen LogP contribution in [0.15, 0.2) is 188 Å². The smallest absolute Gasteiger partial charge is 0.204 e. The molecule has 0 saturated carbocycles. The zero-order valence-electron chi connectivity index (χ0n) is 29.6. The number of nitriles is 1. The van der Waals surface area contributed by atoms with Crippen molar-refractivity contribution in [2.75, 3.05) is 4.90 Å². The first kappa shape index (κ1) is 31.8. The fourth-order valence-electron chi connectivity index (χ4n) is 8.16. The number of rotatable bonds is 6. The molecule has 0 spiro atoms. The number of hydrogen-bond acceptors (Lipinski definition) is 2. The third kappa shape index (κ3) is 5.15. The topological polar surface area (TPSA) is 41.2 Å². The second-order valence-corrected chi connectivity index (χ2v) is 13.6. The van der Waals surface area contributed by atoms with Crippen molar-refractivity contribution in [2.45, 2.75) is 0 Å². The standard InChI is InChI=1S/C50H31N5/c1-52-45-28-25-39(30-35(45)33-51)55-47-29-26-40(53(36-14-5-2-6-15-36)37-16-7-3-8-17-37)32-44(47)50-41(21-13-23-48(50)55)34-24-27-43-42-20-11-12-22-46(42)54(49(43)31-34)38-18-9-4-10-19-38/h2-32H. The molecule has 10 aromatic rings. The molecule has 256 valence electrons. The van der Waals surface area contributed by atoms with Gasteiger partial charge in [0.25, 0.3) is 0 Å². The molecule has 8 aromatic carbocycles. The van der Waals surface area contributed by atoms with E-state index in [2.05, 4.69) is 183 Å². The van der Waals surface area contributed by atoms with Gasteiger partial charge in [-0.15, -0.1) is 0 Å². The van der Waals surface area contributed by atoms with E-state index in [-0.39, 0.29) is 0 Å². The van der Waals surface area contributed by atoms with Gasteiger partial charge in [0.05, 0.1) is 40.3 Å². The first-order valence-electron chi connectivity index (χ1n) is 18.2. The fourth-order valence-corrected chi connectivity index (χ4v) is 8.16. The molecular formula is C50H31N5. The van der Waals surface area contributed by atoms with E-state index in [9.17, 15) is 5.26 Å². The van der Waals surface area contributed by atoms with E-state index in [0.717, 1.165) is 66.9 Å².